The van der Waals surface area contributed by atoms with Gasteiger partial charge in [-0.15, -0.1) is 0 Å². The summed E-state index contributed by atoms with van der Waals surface area (Å²) in [6, 6.07) is 0.0975. The highest BCUT2D eigenvalue weighted by Gasteiger charge is 2.36. The Morgan fingerprint density at radius 1 is 1.35 bits per heavy atom. The van der Waals surface area contributed by atoms with Crippen molar-refractivity contribution in [2.75, 3.05) is 19.4 Å². The van der Waals surface area contributed by atoms with Gasteiger partial charge in [0.15, 0.2) is 0 Å². The van der Waals surface area contributed by atoms with Crippen LogP contribution in [0, 0.1) is 11.8 Å². The highest BCUT2D eigenvalue weighted by atomic mass is 32.2. The van der Waals surface area contributed by atoms with Gasteiger partial charge in [0.05, 0.1) is 11.9 Å². The summed E-state index contributed by atoms with van der Waals surface area (Å²) in [5.41, 5.74) is 0. The maximum absolute atomic E-state index is 12.3. The molecule has 1 fully saturated rings. The first-order chi connectivity index (χ1) is 7.77. The molecule has 1 aliphatic heterocycles. The zero-order valence-electron chi connectivity index (χ0n) is 11.5. The van der Waals surface area contributed by atoms with Crippen LogP contribution < -0.4 is 0 Å². The average Bonchev–Trinajstić information content (AvgIpc) is 2.22. The van der Waals surface area contributed by atoms with Crippen LogP contribution >= 0.6 is 0 Å². The van der Waals surface area contributed by atoms with Gasteiger partial charge in [-0.05, 0) is 32.1 Å². The molecule has 4 atom stereocenters. The summed E-state index contributed by atoms with van der Waals surface area (Å²) in [6.45, 7) is 8.68. The Hall–Kier alpha value is -0.130. The van der Waals surface area contributed by atoms with Crippen LogP contribution in [-0.2, 0) is 14.8 Å². The van der Waals surface area contributed by atoms with E-state index in [1.54, 1.807) is 18.3 Å². The van der Waals surface area contributed by atoms with Crippen molar-refractivity contribution >= 4 is 10.0 Å². The lowest BCUT2D eigenvalue weighted by Crippen LogP contribution is -2.50. The smallest absolute Gasteiger partial charge is 0.216 e. The van der Waals surface area contributed by atoms with Crippen LogP contribution in [-0.4, -0.2) is 44.3 Å². The summed E-state index contributed by atoms with van der Waals surface area (Å²) < 4.78 is 31.3. The van der Waals surface area contributed by atoms with Crippen LogP contribution in [0.25, 0.3) is 0 Å². The maximum Gasteiger partial charge on any atom is 0.216 e. The van der Waals surface area contributed by atoms with Crippen molar-refractivity contribution in [3.8, 4) is 0 Å². The summed E-state index contributed by atoms with van der Waals surface area (Å²) in [6.07, 6.45) is 0.854. The predicted octanol–water partition coefficient (Wildman–Crippen LogP) is 1.72. The van der Waals surface area contributed by atoms with Gasteiger partial charge in [0, 0.05) is 19.7 Å². The van der Waals surface area contributed by atoms with E-state index in [9.17, 15) is 8.42 Å². The normalized spacial score (nSPS) is 33.6. The number of piperidine rings is 1. The third-order valence-corrected chi connectivity index (χ3v) is 5.84. The van der Waals surface area contributed by atoms with Gasteiger partial charge in [-0.1, -0.05) is 13.8 Å². The number of nitrogens with zero attached hydrogens (tertiary/aromatic N) is 1. The first-order valence-electron chi connectivity index (χ1n) is 6.30. The molecule has 4 nitrogen and oxygen atoms in total. The molecule has 1 rings (SSSR count). The zero-order chi connectivity index (χ0) is 13.2. The van der Waals surface area contributed by atoms with Crippen LogP contribution in [0.5, 0.6) is 0 Å². The van der Waals surface area contributed by atoms with Crippen molar-refractivity contribution in [2.45, 2.75) is 46.3 Å². The van der Waals surface area contributed by atoms with Crippen LogP contribution in [0.1, 0.15) is 34.1 Å². The molecule has 1 aliphatic rings. The fourth-order valence-electron chi connectivity index (χ4n) is 2.49. The monoisotopic (exact) mass is 263 g/mol. The van der Waals surface area contributed by atoms with Gasteiger partial charge < -0.3 is 4.74 Å². The molecule has 0 saturated carbocycles. The molecule has 0 N–H and O–H groups in total. The first kappa shape index (κ1) is 14.9. The molecule has 17 heavy (non-hydrogen) atoms. The molecule has 0 unspecified atom stereocenters. The van der Waals surface area contributed by atoms with Gasteiger partial charge in [-0.2, -0.15) is 4.31 Å². The second-order valence-corrected chi connectivity index (χ2v) is 7.42. The topological polar surface area (TPSA) is 46.6 Å². The number of hydrogen-bond donors (Lipinski definition) is 0. The fraction of sp³-hybridized carbons (Fsp3) is 1.00. The van der Waals surface area contributed by atoms with Gasteiger partial charge in [-0.3, -0.25) is 0 Å². The minimum absolute atomic E-state index is 0.0767. The summed E-state index contributed by atoms with van der Waals surface area (Å²) in [7, 11) is -1.65. The van der Waals surface area contributed by atoms with Gasteiger partial charge in [0.2, 0.25) is 10.0 Å². The molecule has 1 saturated heterocycles. The Morgan fingerprint density at radius 2 is 1.94 bits per heavy atom. The third kappa shape index (κ3) is 3.66. The standard InChI is InChI=1S/C12H25NO3S/c1-9-6-10(2)12(4)13(7-9)17(14,15)8-11(3)16-5/h9-12H,6-8H2,1-5H3/t9-,10-,11-,12+/m1/s1. The van der Waals surface area contributed by atoms with Crippen LogP contribution in [0.15, 0.2) is 0 Å². The van der Waals surface area contributed by atoms with Crippen molar-refractivity contribution in [2.24, 2.45) is 11.8 Å². The predicted molar refractivity (Wildman–Crippen MR) is 69.4 cm³/mol. The Balaban J connectivity index is 2.82. The molecule has 0 aromatic rings. The Bertz CT molecular complexity index is 342. The van der Waals surface area contributed by atoms with E-state index >= 15 is 0 Å². The average molecular weight is 263 g/mol. The molecule has 0 radical (unpaired) electrons. The number of methoxy groups -OCH3 is 1. The van der Waals surface area contributed by atoms with Gasteiger partial charge >= 0.3 is 0 Å². The van der Waals surface area contributed by atoms with Crippen molar-refractivity contribution in [1.29, 1.82) is 0 Å². The van der Waals surface area contributed by atoms with E-state index in [1.807, 2.05) is 6.92 Å². The van der Waals surface area contributed by atoms with E-state index in [-0.39, 0.29) is 17.9 Å². The summed E-state index contributed by atoms with van der Waals surface area (Å²) in [5, 5.41) is 0. The molecule has 0 bridgehead atoms. The second kappa shape index (κ2) is 5.67. The second-order valence-electron chi connectivity index (χ2n) is 5.45. The van der Waals surface area contributed by atoms with Gasteiger partial charge in [-0.25, -0.2) is 8.42 Å². The zero-order valence-corrected chi connectivity index (χ0v) is 12.3. The summed E-state index contributed by atoms with van der Waals surface area (Å²) in [4.78, 5) is 0. The number of ether oxygens (including phenoxy) is 1. The molecule has 0 aliphatic carbocycles. The van der Waals surface area contributed by atoms with E-state index in [1.165, 1.54) is 0 Å². The Kier molecular flexibility index (Phi) is 4.98. The van der Waals surface area contributed by atoms with E-state index in [0.717, 1.165) is 6.42 Å². The Morgan fingerprint density at radius 3 is 2.47 bits per heavy atom. The first-order valence-corrected chi connectivity index (χ1v) is 7.91. The lowest BCUT2D eigenvalue weighted by molar-refractivity contribution is 0.128. The molecule has 5 heteroatoms. The van der Waals surface area contributed by atoms with Gasteiger partial charge in [0.25, 0.3) is 0 Å². The van der Waals surface area contributed by atoms with E-state index in [0.29, 0.717) is 18.4 Å². The highest BCUT2D eigenvalue weighted by Crippen LogP contribution is 2.29. The molecular formula is C12H25NO3S. The number of sulfonamides is 1. The van der Waals surface area contributed by atoms with Crippen LogP contribution in [0.2, 0.25) is 0 Å². The summed E-state index contributed by atoms with van der Waals surface area (Å²) >= 11 is 0. The largest absolute Gasteiger partial charge is 0.381 e. The van der Waals surface area contributed by atoms with Crippen LogP contribution in [0.3, 0.4) is 0 Å². The molecule has 1 heterocycles. The fourth-order valence-corrected chi connectivity index (χ4v) is 4.61. The summed E-state index contributed by atoms with van der Waals surface area (Å²) in [5.74, 6) is 0.938. The maximum atomic E-state index is 12.3. The SMILES string of the molecule is CO[C@H](C)CS(=O)(=O)N1C[C@H](C)C[C@@H](C)[C@@H]1C. The van der Waals surface area contributed by atoms with E-state index in [4.69, 9.17) is 4.74 Å². The molecular weight excluding hydrogens is 238 g/mol. The molecule has 0 amide bonds. The van der Waals surface area contributed by atoms with E-state index in [2.05, 4.69) is 13.8 Å². The lowest BCUT2D eigenvalue weighted by Gasteiger charge is -2.40. The van der Waals surface area contributed by atoms with Crippen molar-refractivity contribution < 1.29 is 13.2 Å². The van der Waals surface area contributed by atoms with Crippen molar-refractivity contribution in [1.82, 2.24) is 4.31 Å². The molecule has 102 valence electrons. The number of hydrogen-bond acceptors (Lipinski definition) is 3. The van der Waals surface area contributed by atoms with Crippen molar-refractivity contribution in [3.63, 3.8) is 0 Å². The van der Waals surface area contributed by atoms with E-state index < -0.39 is 10.0 Å². The van der Waals surface area contributed by atoms with Crippen LogP contribution in [0.4, 0.5) is 0 Å². The number of rotatable bonds is 4. The minimum atomic E-state index is -3.20. The van der Waals surface area contributed by atoms with Crippen molar-refractivity contribution in [3.05, 3.63) is 0 Å². The van der Waals surface area contributed by atoms with Gasteiger partial charge in [0.1, 0.15) is 0 Å². The highest BCUT2D eigenvalue weighted by molar-refractivity contribution is 7.89. The minimum Gasteiger partial charge on any atom is -0.381 e. The quantitative estimate of drug-likeness (QED) is 0.776. The third-order valence-electron chi connectivity index (χ3n) is 3.75. The molecule has 0 aromatic heterocycles. The molecule has 0 spiro atoms. The Labute approximate surface area is 105 Å². The lowest BCUT2D eigenvalue weighted by atomic mass is 9.88. The molecule has 0 aromatic carbocycles.